The molecule has 0 aromatic heterocycles. The second-order valence-electron chi connectivity index (χ2n) is 9.76. The van der Waals surface area contributed by atoms with Gasteiger partial charge in [0.1, 0.15) is 11.8 Å². The molecule has 196 valence electrons. The molecule has 1 N–H and O–H groups in total. The summed E-state index contributed by atoms with van der Waals surface area (Å²) in [5, 5.41) is 3.68. The Morgan fingerprint density at radius 1 is 0.919 bits per heavy atom. The number of hydrogen-bond acceptors (Lipinski definition) is 3. The molecule has 6 heteroatoms. The lowest BCUT2D eigenvalue weighted by Gasteiger charge is -2.32. The van der Waals surface area contributed by atoms with E-state index >= 15 is 0 Å². The van der Waals surface area contributed by atoms with Crippen LogP contribution in [0, 0.1) is 12.8 Å². The number of rotatable bonds is 13. The molecule has 3 aromatic rings. The Morgan fingerprint density at radius 3 is 2.24 bits per heavy atom. The maximum absolute atomic E-state index is 13.6. The summed E-state index contributed by atoms with van der Waals surface area (Å²) >= 11 is 6.09. The van der Waals surface area contributed by atoms with E-state index in [0.29, 0.717) is 43.5 Å². The molecule has 0 unspecified atom stereocenters. The van der Waals surface area contributed by atoms with Crippen molar-refractivity contribution in [1.82, 2.24) is 10.2 Å². The molecule has 0 spiro atoms. The summed E-state index contributed by atoms with van der Waals surface area (Å²) in [4.78, 5) is 28.7. The molecule has 0 saturated carbocycles. The molecule has 0 saturated heterocycles. The Labute approximate surface area is 225 Å². The van der Waals surface area contributed by atoms with Gasteiger partial charge in [0, 0.05) is 31.0 Å². The average molecular weight is 521 g/mol. The molecule has 0 fully saturated rings. The van der Waals surface area contributed by atoms with E-state index in [1.807, 2.05) is 73.7 Å². The predicted molar refractivity (Wildman–Crippen MR) is 150 cm³/mol. The van der Waals surface area contributed by atoms with E-state index in [-0.39, 0.29) is 18.2 Å². The number of nitrogens with zero attached hydrogens (tertiary/aromatic N) is 1. The molecule has 5 nitrogen and oxygen atoms in total. The number of aryl methyl sites for hydroxylation is 1. The van der Waals surface area contributed by atoms with Gasteiger partial charge in [0.2, 0.25) is 11.8 Å². The SMILES string of the molecule is Cc1ccc(OCCCC(=O)N(Cc2ccc(Cl)cc2)[C@H](Cc2ccccc2)C(=O)NCC(C)C)cc1. The summed E-state index contributed by atoms with van der Waals surface area (Å²) in [5.41, 5.74) is 3.09. The first-order chi connectivity index (χ1) is 17.8. The first-order valence-corrected chi connectivity index (χ1v) is 13.2. The lowest BCUT2D eigenvalue weighted by atomic mass is 10.0. The Balaban J connectivity index is 1.77. The molecule has 1 atom stereocenters. The monoisotopic (exact) mass is 520 g/mol. The van der Waals surface area contributed by atoms with Crippen molar-refractivity contribution in [3.8, 4) is 5.75 Å². The number of halogens is 1. The lowest BCUT2D eigenvalue weighted by molar-refractivity contribution is -0.141. The normalized spacial score (nSPS) is 11.7. The van der Waals surface area contributed by atoms with Gasteiger partial charge in [0.05, 0.1) is 6.61 Å². The van der Waals surface area contributed by atoms with Gasteiger partial charge in [-0.2, -0.15) is 0 Å². The molecule has 0 radical (unpaired) electrons. The Hall–Kier alpha value is -3.31. The Bertz CT molecular complexity index is 1120. The largest absolute Gasteiger partial charge is 0.494 e. The zero-order chi connectivity index (χ0) is 26.6. The van der Waals surface area contributed by atoms with Crippen LogP contribution in [0.2, 0.25) is 5.02 Å². The van der Waals surface area contributed by atoms with Crippen molar-refractivity contribution in [2.75, 3.05) is 13.2 Å². The number of hydrogen-bond donors (Lipinski definition) is 1. The Kier molecular flexibility index (Phi) is 11.0. The minimum atomic E-state index is -0.637. The van der Waals surface area contributed by atoms with Gasteiger partial charge >= 0.3 is 0 Å². The fourth-order valence-electron chi connectivity index (χ4n) is 3.95. The second kappa shape index (κ2) is 14.4. The van der Waals surface area contributed by atoms with Gasteiger partial charge in [-0.25, -0.2) is 0 Å². The van der Waals surface area contributed by atoms with E-state index in [1.165, 1.54) is 5.56 Å². The molecule has 0 aliphatic rings. The molecular weight excluding hydrogens is 484 g/mol. The second-order valence-corrected chi connectivity index (χ2v) is 10.2. The summed E-state index contributed by atoms with van der Waals surface area (Å²) in [7, 11) is 0. The first kappa shape index (κ1) is 28.3. The molecular formula is C31H37ClN2O3. The lowest BCUT2D eigenvalue weighted by Crippen LogP contribution is -2.51. The number of carbonyl (C=O) groups is 2. The number of carbonyl (C=O) groups excluding carboxylic acids is 2. The van der Waals surface area contributed by atoms with Crippen LogP contribution >= 0.6 is 11.6 Å². The minimum Gasteiger partial charge on any atom is -0.494 e. The van der Waals surface area contributed by atoms with Crippen molar-refractivity contribution >= 4 is 23.4 Å². The highest BCUT2D eigenvalue weighted by atomic mass is 35.5. The molecule has 3 rings (SSSR count). The van der Waals surface area contributed by atoms with Crippen LogP contribution in [0.1, 0.15) is 43.4 Å². The van der Waals surface area contributed by atoms with Gasteiger partial charge in [-0.05, 0) is 54.7 Å². The molecule has 0 aliphatic heterocycles. The van der Waals surface area contributed by atoms with Crippen LogP contribution in [0.15, 0.2) is 78.9 Å². The maximum atomic E-state index is 13.6. The van der Waals surface area contributed by atoms with Crippen molar-refractivity contribution in [2.45, 2.75) is 52.6 Å². The highest BCUT2D eigenvalue weighted by Crippen LogP contribution is 2.19. The van der Waals surface area contributed by atoms with Gasteiger partial charge in [-0.15, -0.1) is 0 Å². The number of ether oxygens (including phenoxy) is 1. The minimum absolute atomic E-state index is 0.0805. The van der Waals surface area contributed by atoms with E-state index in [2.05, 4.69) is 19.2 Å². The van der Waals surface area contributed by atoms with E-state index in [9.17, 15) is 9.59 Å². The zero-order valence-corrected chi connectivity index (χ0v) is 22.7. The van der Waals surface area contributed by atoms with Gasteiger partial charge < -0.3 is 15.0 Å². The van der Waals surface area contributed by atoms with Crippen LogP contribution in [0.5, 0.6) is 5.75 Å². The van der Waals surface area contributed by atoms with Crippen LogP contribution in [0.4, 0.5) is 0 Å². The fraction of sp³-hybridized carbons (Fsp3) is 0.355. The van der Waals surface area contributed by atoms with E-state index < -0.39 is 6.04 Å². The Morgan fingerprint density at radius 2 is 1.59 bits per heavy atom. The van der Waals surface area contributed by atoms with Crippen LogP contribution in [-0.2, 0) is 22.6 Å². The maximum Gasteiger partial charge on any atom is 0.243 e. The standard InChI is InChI=1S/C31H37ClN2O3/c1-23(2)21-33-31(36)29(20-25-8-5-4-6-9-25)34(22-26-13-15-27(32)16-14-26)30(35)10-7-19-37-28-17-11-24(3)12-18-28/h4-6,8-9,11-18,23,29H,7,10,19-22H2,1-3H3,(H,33,36)/t29-/m1/s1. The molecule has 3 aromatic carbocycles. The summed E-state index contributed by atoms with van der Waals surface area (Å²) in [6.45, 7) is 7.43. The third-order valence-corrected chi connectivity index (χ3v) is 6.30. The number of nitrogens with one attached hydrogen (secondary N) is 1. The average Bonchev–Trinajstić information content (AvgIpc) is 2.89. The fourth-order valence-corrected chi connectivity index (χ4v) is 4.08. The van der Waals surface area contributed by atoms with Gasteiger partial charge in [0.15, 0.2) is 0 Å². The summed E-state index contributed by atoms with van der Waals surface area (Å²) in [6.07, 6.45) is 1.27. The van der Waals surface area contributed by atoms with Crippen molar-refractivity contribution in [3.63, 3.8) is 0 Å². The predicted octanol–water partition coefficient (Wildman–Crippen LogP) is 6.22. The van der Waals surface area contributed by atoms with Crippen LogP contribution in [0.3, 0.4) is 0 Å². The molecule has 2 amide bonds. The van der Waals surface area contributed by atoms with Crippen molar-refractivity contribution in [3.05, 3.63) is 101 Å². The van der Waals surface area contributed by atoms with Crippen molar-refractivity contribution in [2.24, 2.45) is 5.92 Å². The molecule has 0 bridgehead atoms. The summed E-state index contributed by atoms with van der Waals surface area (Å²) in [5.74, 6) is 0.866. The summed E-state index contributed by atoms with van der Waals surface area (Å²) < 4.78 is 5.83. The van der Waals surface area contributed by atoms with E-state index in [4.69, 9.17) is 16.3 Å². The smallest absolute Gasteiger partial charge is 0.243 e. The topological polar surface area (TPSA) is 58.6 Å². The van der Waals surface area contributed by atoms with E-state index in [0.717, 1.165) is 16.9 Å². The van der Waals surface area contributed by atoms with Crippen molar-refractivity contribution in [1.29, 1.82) is 0 Å². The highest BCUT2D eigenvalue weighted by molar-refractivity contribution is 6.30. The van der Waals surface area contributed by atoms with Gasteiger partial charge in [-0.3, -0.25) is 9.59 Å². The molecule has 0 aliphatic carbocycles. The molecule has 37 heavy (non-hydrogen) atoms. The van der Waals surface area contributed by atoms with Crippen LogP contribution in [-0.4, -0.2) is 35.9 Å². The van der Waals surface area contributed by atoms with E-state index in [1.54, 1.807) is 17.0 Å². The van der Waals surface area contributed by atoms with Crippen LogP contribution in [0.25, 0.3) is 0 Å². The highest BCUT2D eigenvalue weighted by Gasteiger charge is 2.30. The van der Waals surface area contributed by atoms with Crippen LogP contribution < -0.4 is 10.1 Å². The summed E-state index contributed by atoms with van der Waals surface area (Å²) in [6, 6.07) is 24.5. The number of benzene rings is 3. The third kappa shape index (κ3) is 9.58. The zero-order valence-electron chi connectivity index (χ0n) is 22.0. The van der Waals surface area contributed by atoms with Gasteiger partial charge in [0.25, 0.3) is 0 Å². The third-order valence-electron chi connectivity index (χ3n) is 6.05. The molecule has 0 heterocycles. The first-order valence-electron chi connectivity index (χ1n) is 12.9. The quantitative estimate of drug-likeness (QED) is 0.272. The van der Waals surface area contributed by atoms with Gasteiger partial charge in [-0.1, -0.05) is 85.6 Å². The van der Waals surface area contributed by atoms with Crippen molar-refractivity contribution < 1.29 is 14.3 Å². The number of amides is 2.